The minimum atomic E-state index is -1.29. The van der Waals surface area contributed by atoms with Gasteiger partial charge >= 0.3 is 5.97 Å². The van der Waals surface area contributed by atoms with Crippen LogP contribution in [0.3, 0.4) is 0 Å². The monoisotopic (exact) mass is 558 g/mol. The molecule has 0 spiro atoms. The smallest absolute Gasteiger partial charge is 0.329 e. The molecule has 35 heavy (non-hydrogen) atoms. The molecular weight excluding hydrogens is 538 g/mol. The Morgan fingerprint density at radius 2 is 1.49 bits per heavy atom. The predicted molar refractivity (Wildman–Crippen MR) is 134 cm³/mol. The van der Waals surface area contributed by atoms with Gasteiger partial charge in [-0.25, -0.2) is 4.79 Å². The Labute approximate surface area is 222 Å². The number of carbonyl (C=O) groups excluding carboxylic acids is 4. The molecule has 0 bridgehead atoms. The van der Waals surface area contributed by atoms with Crippen molar-refractivity contribution in [1.82, 2.24) is 10.2 Å². The molecule has 1 aliphatic heterocycles. The van der Waals surface area contributed by atoms with E-state index in [0.717, 1.165) is 10.5 Å². The van der Waals surface area contributed by atoms with Crippen LogP contribution in [-0.2, 0) is 14.3 Å². The second-order valence-electron chi connectivity index (χ2n) is 7.95. The maximum atomic E-state index is 13.2. The van der Waals surface area contributed by atoms with E-state index in [4.69, 9.17) is 51.1 Å². The number of benzene rings is 2. The minimum absolute atomic E-state index is 0.125. The Morgan fingerprint density at radius 1 is 0.943 bits per heavy atom. The van der Waals surface area contributed by atoms with Crippen LogP contribution < -0.4 is 5.32 Å². The van der Waals surface area contributed by atoms with E-state index in [2.05, 4.69) is 5.32 Å². The number of hydrogen-bond acceptors (Lipinski definition) is 5. The van der Waals surface area contributed by atoms with Gasteiger partial charge in [0, 0.05) is 0 Å². The largest absolute Gasteiger partial charge is 0.454 e. The fourth-order valence-corrected chi connectivity index (χ4v) is 4.75. The Morgan fingerprint density at radius 3 is 2.00 bits per heavy atom. The second-order valence-corrected chi connectivity index (χ2v) is 9.46. The van der Waals surface area contributed by atoms with E-state index in [1.807, 2.05) is 37.3 Å². The summed E-state index contributed by atoms with van der Waals surface area (Å²) in [5, 5.41) is 1.94. The second kappa shape index (κ2) is 11.6. The van der Waals surface area contributed by atoms with Gasteiger partial charge < -0.3 is 10.1 Å². The molecule has 0 saturated heterocycles. The summed E-state index contributed by atoms with van der Waals surface area (Å²) in [5.41, 5.74) is 0.435. The number of hydrogen-bond donors (Lipinski definition) is 1. The minimum Gasteiger partial charge on any atom is -0.454 e. The molecule has 2 aromatic carbocycles. The van der Waals surface area contributed by atoms with Crippen molar-refractivity contribution in [2.45, 2.75) is 45.2 Å². The average Bonchev–Trinajstić information content (AvgIpc) is 3.11. The van der Waals surface area contributed by atoms with Crippen LogP contribution in [0.4, 0.5) is 0 Å². The quantitative estimate of drug-likeness (QED) is 0.179. The molecule has 7 nitrogen and oxygen atoms in total. The molecule has 0 aliphatic carbocycles. The zero-order valence-corrected chi connectivity index (χ0v) is 21.9. The van der Waals surface area contributed by atoms with Gasteiger partial charge in [0.2, 0.25) is 0 Å². The Hall–Kier alpha value is -2.32. The number of imide groups is 1. The highest BCUT2D eigenvalue weighted by Gasteiger charge is 2.47. The van der Waals surface area contributed by atoms with Gasteiger partial charge in [-0.1, -0.05) is 96.5 Å². The van der Waals surface area contributed by atoms with E-state index >= 15 is 0 Å². The van der Waals surface area contributed by atoms with Gasteiger partial charge in [-0.2, -0.15) is 0 Å². The van der Waals surface area contributed by atoms with E-state index in [1.165, 1.54) is 0 Å². The van der Waals surface area contributed by atoms with Gasteiger partial charge in [0.25, 0.3) is 17.7 Å². The molecule has 0 saturated carbocycles. The Kier molecular flexibility index (Phi) is 9.05. The summed E-state index contributed by atoms with van der Waals surface area (Å²) >= 11 is 24.5. The summed E-state index contributed by atoms with van der Waals surface area (Å²) in [5.74, 6) is -3.11. The first-order chi connectivity index (χ1) is 16.6. The molecule has 2 aromatic rings. The Balaban J connectivity index is 1.77. The van der Waals surface area contributed by atoms with Crippen molar-refractivity contribution >= 4 is 70.1 Å². The highest BCUT2D eigenvalue weighted by atomic mass is 35.5. The highest BCUT2D eigenvalue weighted by Crippen LogP contribution is 2.45. The molecular formula is C24H22Cl4N2O5. The summed E-state index contributed by atoms with van der Waals surface area (Å²) in [4.78, 5) is 52.4. The van der Waals surface area contributed by atoms with Gasteiger partial charge in [-0.05, 0) is 18.9 Å². The van der Waals surface area contributed by atoms with Crippen molar-refractivity contribution in [2.24, 2.45) is 0 Å². The maximum Gasteiger partial charge on any atom is 0.329 e. The average molecular weight is 560 g/mol. The molecule has 0 aromatic heterocycles. The lowest BCUT2D eigenvalue weighted by atomic mass is 10.1. The number of amides is 3. The number of halogens is 4. The number of nitrogens with one attached hydrogen (secondary N) is 1. The first-order valence-electron chi connectivity index (χ1n) is 10.8. The van der Waals surface area contributed by atoms with Gasteiger partial charge in [0.15, 0.2) is 6.61 Å². The van der Waals surface area contributed by atoms with Crippen LogP contribution in [0.2, 0.25) is 20.1 Å². The van der Waals surface area contributed by atoms with Crippen molar-refractivity contribution in [1.29, 1.82) is 0 Å². The van der Waals surface area contributed by atoms with Crippen LogP contribution in [0, 0.1) is 0 Å². The van der Waals surface area contributed by atoms with Crippen LogP contribution >= 0.6 is 46.4 Å². The number of rotatable bonds is 9. The molecule has 3 rings (SSSR count). The number of carbonyl (C=O) groups is 4. The molecule has 1 aliphatic rings. The third-order valence-corrected chi connectivity index (χ3v) is 7.37. The SMILES string of the molecule is CCCC[C@H](C(=O)OCC(=O)N[C@@H](C)c1ccccc1)N1C(=O)c2c(Cl)c(Cl)c(Cl)c(Cl)c2C1=O. The summed E-state index contributed by atoms with van der Waals surface area (Å²) in [7, 11) is 0. The first-order valence-corrected chi connectivity index (χ1v) is 12.4. The molecule has 3 amide bonds. The van der Waals surface area contributed by atoms with E-state index in [-0.39, 0.29) is 43.7 Å². The zero-order valence-electron chi connectivity index (χ0n) is 18.9. The highest BCUT2D eigenvalue weighted by molar-refractivity contribution is 6.55. The van der Waals surface area contributed by atoms with Crippen LogP contribution in [0.25, 0.3) is 0 Å². The van der Waals surface area contributed by atoms with Crippen molar-refractivity contribution in [2.75, 3.05) is 6.61 Å². The van der Waals surface area contributed by atoms with Crippen molar-refractivity contribution in [3.8, 4) is 0 Å². The third kappa shape index (κ3) is 5.59. The number of fused-ring (bicyclic) bond motifs is 1. The summed E-state index contributed by atoms with van der Waals surface area (Å²) in [6.45, 7) is 3.10. The summed E-state index contributed by atoms with van der Waals surface area (Å²) in [6, 6.07) is 7.66. The summed E-state index contributed by atoms with van der Waals surface area (Å²) < 4.78 is 5.20. The maximum absolute atomic E-state index is 13.2. The van der Waals surface area contributed by atoms with Gasteiger partial charge in [-0.15, -0.1) is 0 Å². The molecule has 11 heteroatoms. The van der Waals surface area contributed by atoms with Crippen molar-refractivity contribution in [3.63, 3.8) is 0 Å². The lowest BCUT2D eigenvalue weighted by Gasteiger charge is -2.24. The van der Waals surface area contributed by atoms with E-state index in [0.29, 0.717) is 12.8 Å². The fraction of sp³-hybridized carbons (Fsp3) is 0.333. The van der Waals surface area contributed by atoms with Gasteiger partial charge in [0.1, 0.15) is 6.04 Å². The standard InChI is InChI=1S/C24H22Cl4N2O5/c1-3-4-10-14(24(34)35-11-15(31)29-12(2)13-8-6-5-7-9-13)30-22(32)16-17(23(30)33)19(26)21(28)20(27)18(16)25/h5-9,12,14H,3-4,10-11H2,1-2H3,(H,29,31)/t12-,14+/m0/s1. The molecule has 186 valence electrons. The van der Waals surface area contributed by atoms with Crippen LogP contribution in [-0.4, -0.2) is 41.2 Å². The van der Waals surface area contributed by atoms with E-state index < -0.39 is 36.3 Å². The molecule has 1 N–H and O–H groups in total. The van der Waals surface area contributed by atoms with Crippen molar-refractivity contribution < 1.29 is 23.9 Å². The number of unbranched alkanes of at least 4 members (excludes halogenated alkanes) is 1. The number of nitrogens with zero attached hydrogens (tertiary/aromatic N) is 1. The number of ether oxygens (including phenoxy) is 1. The van der Waals surface area contributed by atoms with Crippen LogP contribution in [0.1, 0.15) is 65.4 Å². The van der Waals surface area contributed by atoms with Crippen LogP contribution in [0.5, 0.6) is 0 Å². The lowest BCUT2D eigenvalue weighted by molar-refractivity contribution is -0.152. The molecule has 0 radical (unpaired) electrons. The van der Waals surface area contributed by atoms with Crippen LogP contribution in [0.15, 0.2) is 30.3 Å². The summed E-state index contributed by atoms with van der Waals surface area (Å²) in [6.07, 6.45) is 1.31. The predicted octanol–water partition coefficient (Wildman–Crippen LogP) is 5.88. The number of esters is 1. The first kappa shape index (κ1) is 27.3. The third-order valence-electron chi connectivity index (χ3n) is 5.57. The molecule has 2 atom stereocenters. The van der Waals surface area contributed by atoms with Gasteiger partial charge in [-0.3, -0.25) is 19.3 Å². The topological polar surface area (TPSA) is 92.8 Å². The van der Waals surface area contributed by atoms with Crippen molar-refractivity contribution in [3.05, 3.63) is 67.1 Å². The lowest BCUT2D eigenvalue weighted by Crippen LogP contribution is -2.46. The Bertz CT molecular complexity index is 1130. The fourth-order valence-electron chi connectivity index (χ4n) is 3.74. The van der Waals surface area contributed by atoms with Gasteiger partial charge in [0.05, 0.1) is 37.3 Å². The molecule has 0 unspecified atom stereocenters. The molecule has 1 heterocycles. The zero-order chi connectivity index (χ0) is 25.9. The van der Waals surface area contributed by atoms with E-state index in [9.17, 15) is 19.2 Å². The van der Waals surface area contributed by atoms with E-state index in [1.54, 1.807) is 6.92 Å². The normalized spacial score (nSPS) is 14.5. The molecule has 0 fully saturated rings.